The van der Waals surface area contributed by atoms with Crippen LogP contribution in [0.3, 0.4) is 0 Å². The minimum absolute atomic E-state index is 0.0521. The van der Waals surface area contributed by atoms with Gasteiger partial charge >= 0.3 is 0 Å². The van der Waals surface area contributed by atoms with Crippen molar-refractivity contribution in [3.63, 3.8) is 0 Å². The van der Waals surface area contributed by atoms with Crippen LogP contribution in [0.2, 0.25) is 0 Å². The number of nitrogens with one attached hydrogen (secondary N) is 1. The molecule has 0 unspecified atom stereocenters. The molecule has 0 aliphatic heterocycles. The van der Waals surface area contributed by atoms with Crippen LogP contribution in [0.4, 0.5) is 0 Å². The fraction of sp³-hybridized carbons (Fsp3) is 0.714. The molecule has 0 saturated heterocycles. The average Bonchev–Trinajstić information content (AvgIpc) is 2.92. The van der Waals surface area contributed by atoms with Gasteiger partial charge in [-0.1, -0.05) is 12.8 Å². The molecule has 2 rings (SSSR count). The Morgan fingerprint density at radius 2 is 2.10 bits per heavy atom. The summed E-state index contributed by atoms with van der Waals surface area (Å²) in [5.41, 5.74) is 0.937. The Bertz CT molecular complexity index is 490. The molecular formula is C14H23N3O3. The first kappa shape index (κ1) is 14.8. The summed E-state index contributed by atoms with van der Waals surface area (Å²) >= 11 is 0. The second-order valence-corrected chi connectivity index (χ2v) is 5.62. The number of carbonyl (C=O) groups is 1. The number of aliphatic hydroxyl groups is 1. The van der Waals surface area contributed by atoms with Crippen LogP contribution in [0.5, 0.6) is 5.75 Å². The molecule has 1 amide bonds. The fourth-order valence-electron chi connectivity index (χ4n) is 2.62. The van der Waals surface area contributed by atoms with Crippen LogP contribution in [-0.2, 0) is 11.8 Å². The molecule has 0 radical (unpaired) electrons. The van der Waals surface area contributed by atoms with Crippen LogP contribution in [0, 0.1) is 13.8 Å². The minimum Gasteiger partial charge on any atom is -0.480 e. The number of aromatic nitrogens is 2. The fourth-order valence-corrected chi connectivity index (χ4v) is 2.62. The van der Waals surface area contributed by atoms with Gasteiger partial charge in [-0.25, -0.2) is 0 Å². The Labute approximate surface area is 119 Å². The topological polar surface area (TPSA) is 76.4 Å². The lowest BCUT2D eigenvalue weighted by Crippen LogP contribution is -2.42. The van der Waals surface area contributed by atoms with Gasteiger partial charge in [0.25, 0.3) is 5.91 Å². The summed E-state index contributed by atoms with van der Waals surface area (Å²) in [4.78, 5) is 11.8. The summed E-state index contributed by atoms with van der Waals surface area (Å²) in [6, 6.07) is 0. The molecule has 6 nitrogen and oxygen atoms in total. The Morgan fingerprint density at radius 3 is 2.65 bits per heavy atom. The molecule has 1 aliphatic rings. The van der Waals surface area contributed by atoms with E-state index in [0.717, 1.165) is 37.1 Å². The molecule has 1 fully saturated rings. The van der Waals surface area contributed by atoms with Gasteiger partial charge in [0.05, 0.1) is 11.3 Å². The maximum atomic E-state index is 11.8. The number of hydrogen-bond acceptors (Lipinski definition) is 4. The van der Waals surface area contributed by atoms with Crippen LogP contribution in [0.25, 0.3) is 0 Å². The molecular weight excluding hydrogens is 258 g/mol. The van der Waals surface area contributed by atoms with Crippen molar-refractivity contribution in [2.24, 2.45) is 7.05 Å². The highest BCUT2D eigenvalue weighted by atomic mass is 16.5. The van der Waals surface area contributed by atoms with E-state index in [2.05, 4.69) is 10.4 Å². The Kier molecular flexibility index (Phi) is 4.32. The summed E-state index contributed by atoms with van der Waals surface area (Å²) in [6.07, 6.45) is 3.57. The zero-order valence-corrected chi connectivity index (χ0v) is 12.4. The van der Waals surface area contributed by atoms with Gasteiger partial charge in [-0.3, -0.25) is 9.48 Å². The van der Waals surface area contributed by atoms with Crippen molar-refractivity contribution in [3.8, 4) is 5.75 Å². The van der Waals surface area contributed by atoms with Gasteiger partial charge < -0.3 is 15.2 Å². The molecule has 1 aromatic heterocycles. The van der Waals surface area contributed by atoms with E-state index >= 15 is 0 Å². The monoisotopic (exact) mass is 281 g/mol. The summed E-state index contributed by atoms with van der Waals surface area (Å²) in [6.45, 7) is 4.00. The second kappa shape index (κ2) is 5.83. The summed E-state index contributed by atoms with van der Waals surface area (Å²) < 4.78 is 7.25. The van der Waals surface area contributed by atoms with Gasteiger partial charge in [0.1, 0.15) is 5.69 Å². The van der Waals surface area contributed by atoms with Crippen LogP contribution >= 0.6 is 0 Å². The van der Waals surface area contributed by atoms with Gasteiger partial charge in [-0.15, -0.1) is 0 Å². The molecule has 0 atom stereocenters. The molecule has 0 aromatic carbocycles. The maximum absolute atomic E-state index is 11.8. The van der Waals surface area contributed by atoms with Crippen molar-refractivity contribution in [2.45, 2.75) is 45.1 Å². The van der Waals surface area contributed by atoms with Crippen molar-refractivity contribution in [2.75, 3.05) is 13.2 Å². The lowest BCUT2D eigenvalue weighted by atomic mass is 10.0. The molecule has 6 heteroatoms. The van der Waals surface area contributed by atoms with Gasteiger partial charge in [-0.2, -0.15) is 5.10 Å². The predicted molar refractivity (Wildman–Crippen MR) is 74.6 cm³/mol. The summed E-state index contributed by atoms with van der Waals surface area (Å²) in [5.74, 6) is 0.440. The third kappa shape index (κ3) is 3.30. The number of ether oxygens (including phenoxy) is 1. The van der Waals surface area contributed by atoms with Gasteiger partial charge in [0, 0.05) is 13.6 Å². The van der Waals surface area contributed by atoms with Crippen molar-refractivity contribution in [1.82, 2.24) is 15.1 Å². The van der Waals surface area contributed by atoms with E-state index in [-0.39, 0.29) is 12.5 Å². The zero-order chi connectivity index (χ0) is 14.8. The number of aryl methyl sites for hydroxylation is 2. The molecule has 1 saturated carbocycles. The molecule has 1 heterocycles. The SMILES string of the molecule is Cc1nn(C)c(C)c1OCC(=O)NCC1(O)CCCC1. The van der Waals surface area contributed by atoms with Gasteiger partial charge in [-0.05, 0) is 26.7 Å². The van der Waals surface area contributed by atoms with Gasteiger partial charge in [0.2, 0.25) is 0 Å². The quantitative estimate of drug-likeness (QED) is 0.838. The molecule has 1 aliphatic carbocycles. The summed E-state index contributed by atoms with van der Waals surface area (Å²) in [7, 11) is 1.84. The predicted octanol–water partition coefficient (Wildman–Crippen LogP) is 0.837. The van der Waals surface area contributed by atoms with E-state index in [1.807, 2.05) is 20.9 Å². The van der Waals surface area contributed by atoms with Crippen LogP contribution in [0.1, 0.15) is 37.1 Å². The molecule has 2 N–H and O–H groups in total. The first-order valence-electron chi connectivity index (χ1n) is 7.03. The molecule has 20 heavy (non-hydrogen) atoms. The van der Waals surface area contributed by atoms with E-state index in [1.165, 1.54) is 0 Å². The van der Waals surface area contributed by atoms with Crippen LogP contribution < -0.4 is 10.1 Å². The summed E-state index contributed by atoms with van der Waals surface area (Å²) in [5, 5.41) is 17.1. The highest BCUT2D eigenvalue weighted by Crippen LogP contribution is 2.28. The Hall–Kier alpha value is -1.56. The highest BCUT2D eigenvalue weighted by Gasteiger charge is 2.31. The van der Waals surface area contributed by atoms with Crippen molar-refractivity contribution < 1.29 is 14.6 Å². The normalized spacial score (nSPS) is 17.2. The van der Waals surface area contributed by atoms with E-state index in [1.54, 1.807) is 4.68 Å². The second-order valence-electron chi connectivity index (χ2n) is 5.62. The smallest absolute Gasteiger partial charge is 0.258 e. The molecule has 1 aromatic rings. The van der Waals surface area contributed by atoms with Crippen molar-refractivity contribution in [1.29, 1.82) is 0 Å². The van der Waals surface area contributed by atoms with E-state index in [9.17, 15) is 9.90 Å². The standard InChI is InChI=1S/C14H23N3O3/c1-10-13(11(2)17(3)16-10)20-8-12(18)15-9-14(19)6-4-5-7-14/h19H,4-9H2,1-3H3,(H,15,18). The number of hydrogen-bond donors (Lipinski definition) is 2. The lowest BCUT2D eigenvalue weighted by Gasteiger charge is -2.22. The molecule has 0 spiro atoms. The first-order valence-corrected chi connectivity index (χ1v) is 7.03. The zero-order valence-electron chi connectivity index (χ0n) is 12.4. The third-order valence-electron chi connectivity index (χ3n) is 3.94. The van der Waals surface area contributed by atoms with E-state index < -0.39 is 5.60 Å². The Balaban J connectivity index is 1.80. The number of amides is 1. The van der Waals surface area contributed by atoms with E-state index in [0.29, 0.717) is 12.3 Å². The van der Waals surface area contributed by atoms with E-state index in [4.69, 9.17) is 4.74 Å². The first-order chi connectivity index (χ1) is 9.41. The van der Waals surface area contributed by atoms with Crippen LogP contribution in [0.15, 0.2) is 0 Å². The average molecular weight is 281 g/mol. The largest absolute Gasteiger partial charge is 0.480 e. The van der Waals surface area contributed by atoms with Crippen molar-refractivity contribution in [3.05, 3.63) is 11.4 Å². The van der Waals surface area contributed by atoms with Gasteiger partial charge in [0.15, 0.2) is 12.4 Å². The van der Waals surface area contributed by atoms with Crippen LogP contribution in [-0.4, -0.2) is 39.5 Å². The minimum atomic E-state index is -0.726. The molecule has 112 valence electrons. The highest BCUT2D eigenvalue weighted by molar-refractivity contribution is 5.77. The lowest BCUT2D eigenvalue weighted by molar-refractivity contribution is -0.124. The maximum Gasteiger partial charge on any atom is 0.258 e. The number of carbonyl (C=O) groups excluding carboxylic acids is 1. The number of rotatable bonds is 5. The molecule has 0 bridgehead atoms. The number of nitrogens with zero attached hydrogens (tertiary/aromatic N) is 2. The Morgan fingerprint density at radius 1 is 1.45 bits per heavy atom. The third-order valence-corrected chi connectivity index (χ3v) is 3.94. The van der Waals surface area contributed by atoms with Crippen molar-refractivity contribution >= 4 is 5.91 Å².